The van der Waals surface area contributed by atoms with Gasteiger partial charge in [-0.05, 0) is 56.6 Å². The Hall–Kier alpha value is -3.01. The Morgan fingerprint density at radius 3 is 2.49 bits per heavy atom. The molecule has 1 amide bonds. The van der Waals surface area contributed by atoms with Crippen LogP contribution in [0, 0.1) is 23.5 Å². The highest BCUT2D eigenvalue weighted by Crippen LogP contribution is 2.31. The van der Waals surface area contributed by atoms with E-state index >= 15 is 0 Å². The number of carbonyl (C=O) groups excluding carboxylic acids is 1. The lowest BCUT2D eigenvalue weighted by atomic mass is 9.84. The Morgan fingerprint density at radius 2 is 1.84 bits per heavy atom. The molecule has 2 aliphatic rings. The maximum absolute atomic E-state index is 14.3. The molecule has 0 bridgehead atoms. The van der Waals surface area contributed by atoms with E-state index < -0.39 is 11.6 Å². The number of hydrogen-bond donors (Lipinski definition) is 1. The van der Waals surface area contributed by atoms with E-state index in [4.69, 9.17) is 15.2 Å². The van der Waals surface area contributed by atoms with Crippen molar-refractivity contribution >= 4 is 12.0 Å². The van der Waals surface area contributed by atoms with Gasteiger partial charge in [0.1, 0.15) is 11.6 Å². The van der Waals surface area contributed by atoms with Gasteiger partial charge in [-0.3, -0.25) is 0 Å². The first-order valence-corrected chi connectivity index (χ1v) is 13.1. The summed E-state index contributed by atoms with van der Waals surface area (Å²) in [6.45, 7) is 8.90. The Labute approximate surface area is 217 Å². The second-order valence-electron chi connectivity index (χ2n) is 10.4. The molecular weight excluding hydrogens is 480 g/mol. The smallest absolute Gasteiger partial charge is 0.410 e. The van der Waals surface area contributed by atoms with Crippen molar-refractivity contribution in [3.8, 4) is 5.75 Å². The summed E-state index contributed by atoms with van der Waals surface area (Å²) in [5.41, 5.74) is 6.67. The zero-order valence-corrected chi connectivity index (χ0v) is 21.8. The molecule has 202 valence electrons. The van der Waals surface area contributed by atoms with E-state index in [0.717, 1.165) is 38.4 Å². The second kappa shape index (κ2) is 12.0. The molecule has 3 atom stereocenters. The Kier molecular flexibility index (Phi) is 8.79. The van der Waals surface area contributed by atoms with E-state index in [1.807, 2.05) is 18.7 Å². The van der Waals surface area contributed by atoms with Gasteiger partial charge < -0.3 is 25.0 Å². The van der Waals surface area contributed by atoms with Crippen LogP contribution in [0.4, 0.5) is 19.5 Å². The van der Waals surface area contributed by atoms with Crippen LogP contribution in [0.25, 0.3) is 0 Å². The van der Waals surface area contributed by atoms with Crippen LogP contribution >= 0.6 is 0 Å². The van der Waals surface area contributed by atoms with Gasteiger partial charge in [-0.2, -0.15) is 0 Å². The molecule has 10 heteroatoms. The number of rotatable bonds is 8. The number of halogens is 2. The third-order valence-electron chi connectivity index (χ3n) is 7.41. The number of nitrogens with zero attached hydrogens (tertiary/aromatic N) is 4. The highest BCUT2D eigenvalue weighted by atomic mass is 19.1. The van der Waals surface area contributed by atoms with E-state index in [-0.39, 0.29) is 24.2 Å². The minimum Gasteiger partial charge on any atom is -0.490 e. The van der Waals surface area contributed by atoms with Crippen LogP contribution in [-0.4, -0.2) is 65.9 Å². The molecule has 0 saturated carbocycles. The van der Waals surface area contributed by atoms with Crippen LogP contribution in [0.1, 0.15) is 51.5 Å². The van der Waals surface area contributed by atoms with E-state index in [0.29, 0.717) is 48.8 Å². The summed E-state index contributed by atoms with van der Waals surface area (Å²) in [5, 5.41) is 0. The van der Waals surface area contributed by atoms with Gasteiger partial charge in [0.25, 0.3) is 0 Å². The highest BCUT2D eigenvalue weighted by Gasteiger charge is 2.34. The molecule has 3 heterocycles. The molecule has 0 radical (unpaired) electrons. The minimum atomic E-state index is -0.605. The standard InChI is InChI=1S/C27H37F2N5O3/c1-17(2)37-27(35)33-9-6-19(7-10-33)18(3)8-11-36-21-13-31-26(32-14-21)34-15-23(25(30)16-34)22-5-4-20(28)12-24(22)29/h4-5,12-14,17-19,23,25H,6-11,15-16,30H2,1-3H3. The number of likely N-dealkylation sites (tertiary alicyclic amines) is 1. The van der Waals surface area contributed by atoms with Gasteiger partial charge in [0.05, 0.1) is 25.1 Å². The quantitative estimate of drug-likeness (QED) is 0.556. The predicted molar refractivity (Wildman–Crippen MR) is 137 cm³/mol. The number of hydrogen-bond acceptors (Lipinski definition) is 7. The van der Waals surface area contributed by atoms with Crippen molar-refractivity contribution in [2.75, 3.05) is 37.7 Å². The van der Waals surface area contributed by atoms with Crippen LogP contribution in [0.3, 0.4) is 0 Å². The van der Waals surface area contributed by atoms with Crippen molar-refractivity contribution in [3.63, 3.8) is 0 Å². The molecule has 0 spiro atoms. The fourth-order valence-corrected chi connectivity index (χ4v) is 5.20. The van der Waals surface area contributed by atoms with Crippen LogP contribution in [0.2, 0.25) is 0 Å². The van der Waals surface area contributed by atoms with E-state index in [2.05, 4.69) is 16.9 Å². The average molecular weight is 518 g/mol. The Bertz CT molecular complexity index is 1050. The van der Waals surface area contributed by atoms with Crippen molar-refractivity contribution in [1.29, 1.82) is 0 Å². The fourth-order valence-electron chi connectivity index (χ4n) is 5.20. The molecule has 2 aromatic rings. The van der Waals surface area contributed by atoms with Crippen LogP contribution in [0.5, 0.6) is 5.75 Å². The molecule has 4 rings (SSSR count). The molecule has 2 saturated heterocycles. The zero-order valence-electron chi connectivity index (χ0n) is 21.8. The van der Waals surface area contributed by atoms with Gasteiger partial charge >= 0.3 is 6.09 Å². The van der Waals surface area contributed by atoms with Crippen LogP contribution < -0.4 is 15.4 Å². The number of amides is 1. The zero-order chi connectivity index (χ0) is 26.5. The molecule has 2 N–H and O–H groups in total. The van der Waals surface area contributed by atoms with Gasteiger partial charge in [-0.25, -0.2) is 23.5 Å². The molecule has 2 fully saturated rings. The van der Waals surface area contributed by atoms with Crippen molar-refractivity contribution in [1.82, 2.24) is 14.9 Å². The van der Waals surface area contributed by atoms with E-state index in [9.17, 15) is 13.6 Å². The van der Waals surface area contributed by atoms with Crippen molar-refractivity contribution in [3.05, 3.63) is 47.8 Å². The predicted octanol–water partition coefficient (Wildman–Crippen LogP) is 4.35. The minimum absolute atomic E-state index is 0.102. The first-order valence-electron chi connectivity index (χ1n) is 13.1. The van der Waals surface area contributed by atoms with Gasteiger partial charge in [0.15, 0.2) is 5.75 Å². The summed E-state index contributed by atoms with van der Waals surface area (Å²) in [6.07, 6.45) is 5.79. The van der Waals surface area contributed by atoms with Gasteiger partial charge in [-0.15, -0.1) is 0 Å². The Balaban J connectivity index is 1.21. The monoisotopic (exact) mass is 517 g/mol. The van der Waals surface area contributed by atoms with Crippen molar-refractivity contribution < 1.29 is 23.0 Å². The SMILES string of the molecule is CC(C)OC(=O)N1CCC(C(C)CCOc2cnc(N3CC(N)C(c4ccc(F)cc4F)C3)nc2)CC1. The van der Waals surface area contributed by atoms with Gasteiger partial charge in [0.2, 0.25) is 5.95 Å². The average Bonchev–Trinajstić information content (AvgIpc) is 3.25. The highest BCUT2D eigenvalue weighted by molar-refractivity contribution is 5.67. The van der Waals surface area contributed by atoms with E-state index in [1.165, 1.54) is 12.1 Å². The topological polar surface area (TPSA) is 93.8 Å². The van der Waals surface area contributed by atoms with Crippen molar-refractivity contribution in [2.24, 2.45) is 17.6 Å². The summed E-state index contributed by atoms with van der Waals surface area (Å²) >= 11 is 0. The molecule has 0 aliphatic carbocycles. The fraction of sp³-hybridized carbons (Fsp3) is 0.593. The molecule has 8 nitrogen and oxygen atoms in total. The summed E-state index contributed by atoms with van der Waals surface area (Å²) in [6, 6.07) is 3.29. The molecule has 3 unspecified atom stereocenters. The third-order valence-corrected chi connectivity index (χ3v) is 7.41. The molecule has 1 aromatic carbocycles. The largest absolute Gasteiger partial charge is 0.490 e. The summed E-state index contributed by atoms with van der Waals surface area (Å²) in [5.74, 6) is 0.652. The maximum Gasteiger partial charge on any atom is 0.410 e. The number of anilines is 1. The normalized spacial score (nSPS) is 21.4. The summed E-state index contributed by atoms with van der Waals surface area (Å²) in [7, 11) is 0. The number of nitrogens with two attached hydrogens (primary N) is 1. The first kappa shape index (κ1) is 27.0. The van der Waals surface area contributed by atoms with Crippen LogP contribution in [0.15, 0.2) is 30.6 Å². The summed E-state index contributed by atoms with van der Waals surface area (Å²) < 4.78 is 38.7. The molecule has 1 aromatic heterocycles. The number of piperidine rings is 1. The maximum atomic E-state index is 14.3. The lowest BCUT2D eigenvalue weighted by Crippen LogP contribution is -2.41. The van der Waals surface area contributed by atoms with Gasteiger partial charge in [-0.1, -0.05) is 13.0 Å². The number of aromatic nitrogens is 2. The van der Waals surface area contributed by atoms with Gasteiger partial charge in [0, 0.05) is 44.2 Å². The third kappa shape index (κ3) is 6.85. The number of benzene rings is 1. The molecule has 37 heavy (non-hydrogen) atoms. The Morgan fingerprint density at radius 1 is 1.14 bits per heavy atom. The molecule has 2 aliphatic heterocycles. The first-order chi connectivity index (χ1) is 17.7. The lowest BCUT2D eigenvalue weighted by molar-refractivity contribution is 0.0597. The lowest BCUT2D eigenvalue weighted by Gasteiger charge is -2.34. The van der Waals surface area contributed by atoms with Crippen LogP contribution in [-0.2, 0) is 4.74 Å². The second-order valence-corrected chi connectivity index (χ2v) is 10.4. The van der Waals surface area contributed by atoms with E-state index in [1.54, 1.807) is 17.3 Å². The summed E-state index contributed by atoms with van der Waals surface area (Å²) in [4.78, 5) is 24.6. The molecular formula is C27H37F2N5O3. The van der Waals surface area contributed by atoms with Crippen molar-refractivity contribution in [2.45, 2.75) is 58.1 Å². The number of carbonyl (C=O) groups is 1. The number of ether oxygens (including phenoxy) is 2.